The third kappa shape index (κ3) is 4.10. The van der Waals surface area contributed by atoms with E-state index >= 15 is 0 Å². The molecular formula is C21H30N2O3S. The minimum absolute atomic E-state index is 0.0727. The predicted molar refractivity (Wildman–Crippen MR) is 109 cm³/mol. The molecule has 6 heteroatoms. The maximum absolute atomic E-state index is 12.8. The fourth-order valence-electron chi connectivity index (χ4n) is 3.74. The maximum Gasteiger partial charge on any atom is 0.236 e. The molecule has 2 fully saturated rings. The molecule has 2 aliphatic rings. The van der Waals surface area contributed by atoms with Gasteiger partial charge in [0.25, 0.3) is 0 Å². The molecule has 2 atom stereocenters. The fourth-order valence-corrected chi connectivity index (χ4v) is 5.08. The van der Waals surface area contributed by atoms with Gasteiger partial charge in [0.05, 0.1) is 12.4 Å². The summed E-state index contributed by atoms with van der Waals surface area (Å²) in [6, 6.07) is 8.02. The highest BCUT2D eigenvalue weighted by Gasteiger charge is 2.40. The number of rotatable bonds is 7. The van der Waals surface area contributed by atoms with Gasteiger partial charge >= 0.3 is 0 Å². The van der Waals surface area contributed by atoms with Crippen molar-refractivity contribution in [1.82, 2.24) is 9.80 Å². The van der Waals surface area contributed by atoms with Crippen molar-refractivity contribution in [1.29, 1.82) is 0 Å². The fraction of sp³-hybridized carbons (Fsp3) is 0.619. The van der Waals surface area contributed by atoms with Crippen LogP contribution in [0.1, 0.15) is 51.0 Å². The lowest BCUT2D eigenvalue weighted by atomic mass is 9.84. The minimum Gasteiger partial charge on any atom is -0.496 e. The van der Waals surface area contributed by atoms with Crippen molar-refractivity contribution < 1.29 is 14.3 Å². The van der Waals surface area contributed by atoms with Crippen LogP contribution in [0.3, 0.4) is 0 Å². The normalized spacial score (nSPS) is 22.9. The Morgan fingerprint density at radius 3 is 2.63 bits per heavy atom. The molecule has 148 valence electrons. The second-order valence-corrected chi connectivity index (χ2v) is 9.08. The van der Waals surface area contributed by atoms with Gasteiger partial charge in [0.1, 0.15) is 11.1 Å². The summed E-state index contributed by atoms with van der Waals surface area (Å²) in [4.78, 5) is 29.4. The van der Waals surface area contributed by atoms with Gasteiger partial charge in [-0.05, 0) is 39.7 Å². The Bertz CT molecular complexity index is 690. The predicted octanol–water partition coefficient (Wildman–Crippen LogP) is 3.69. The number of methoxy groups -OCH3 is 1. The van der Waals surface area contributed by atoms with E-state index in [9.17, 15) is 9.59 Å². The number of nitrogens with zero attached hydrogens (tertiary/aromatic N) is 2. The molecule has 0 N–H and O–H groups in total. The van der Waals surface area contributed by atoms with E-state index in [0.717, 1.165) is 30.6 Å². The summed E-state index contributed by atoms with van der Waals surface area (Å²) >= 11 is 1.65. The molecule has 1 aliphatic carbocycles. The van der Waals surface area contributed by atoms with Crippen LogP contribution >= 0.6 is 11.8 Å². The lowest BCUT2D eigenvalue weighted by molar-refractivity contribution is -0.141. The number of carbonyl (C=O) groups is 2. The van der Waals surface area contributed by atoms with Crippen LogP contribution in [0, 0.1) is 5.92 Å². The van der Waals surface area contributed by atoms with E-state index in [1.54, 1.807) is 18.9 Å². The molecule has 1 saturated heterocycles. The standard InChI is InChI=1S/C21H30N2O3S/c1-14(2)22(20(25)16-8-7-9-16)12-13-23-19(24)15(3)27-21(23)17-10-5-6-11-18(17)26-4/h5-6,10-11,14-16,21H,7-9,12-13H2,1-4H3/t15-,21-/m1/s1. The van der Waals surface area contributed by atoms with Crippen molar-refractivity contribution in [3.05, 3.63) is 29.8 Å². The molecule has 1 heterocycles. The van der Waals surface area contributed by atoms with Gasteiger partial charge in [-0.1, -0.05) is 24.6 Å². The van der Waals surface area contributed by atoms with Crippen molar-refractivity contribution in [2.75, 3.05) is 20.2 Å². The Morgan fingerprint density at radius 1 is 1.33 bits per heavy atom. The highest BCUT2D eigenvalue weighted by atomic mass is 32.2. The lowest BCUT2D eigenvalue weighted by Crippen LogP contribution is -2.47. The molecule has 5 nitrogen and oxygen atoms in total. The van der Waals surface area contributed by atoms with E-state index in [2.05, 4.69) is 13.8 Å². The van der Waals surface area contributed by atoms with Crippen LogP contribution in [0.2, 0.25) is 0 Å². The molecule has 0 radical (unpaired) electrons. The summed E-state index contributed by atoms with van der Waals surface area (Å²) in [7, 11) is 1.66. The first kappa shape index (κ1) is 20.1. The quantitative estimate of drug-likeness (QED) is 0.712. The van der Waals surface area contributed by atoms with Crippen molar-refractivity contribution in [3.63, 3.8) is 0 Å². The molecule has 0 aromatic heterocycles. The van der Waals surface area contributed by atoms with Gasteiger partial charge in [-0.15, -0.1) is 11.8 Å². The number of thioether (sulfide) groups is 1. The molecular weight excluding hydrogens is 360 g/mol. The first-order valence-electron chi connectivity index (χ1n) is 9.83. The number of benzene rings is 1. The van der Waals surface area contributed by atoms with E-state index in [1.165, 1.54) is 0 Å². The summed E-state index contributed by atoms with van der Waals surface area (Å²) in [5, 5.41) is -0.161. The summed E-state index contributed by atoms with van der Waals surface area (Å²) in [5.41, 5.74) is 1.02. The SMILES string of the molecule is COc1ccccc1[C@H]1S[C@H](C)C(=O)N1CCN(C(=O)C1CCC1)C(C)C. The average Bonchev–Trinajstić information content (AvgIpc) is 2.88. The molecule has 1 saturated carbocycles. The molecule has 0 bridgehead atoms. The van der Waals surface area contributed by atoms with Crippen LogP contribution in [0.25, 0.3) is 0 Å². The van der Waals surface area contributed by atoms with Crippen LogP contribution in [-0.4, -0.2) is 53.1 Å². The summed E-state index contributed by atoms with van der Waals surface area (Å²) in [5.74, 6) is 1.36. The zero-order valence-corrected chi connectivity index (χ0v) is 17.5. The van der Waals surface area contributed by atoms with Crippen LogP contribution in [0.5, 0.6) is 5.75 Å². The van der Waals surface area contributed by atoms with E-state index in [-0.39, 0.29) is 34.4 Å². The Hall–Kier alpha value is -1.69. The van der Waals surface area contributed by atoms with Gasteiger partial charge in [0.15, 0.2) is 0 Å². The minimum atomic E-state index is -0.0882. The Kier molecular flexibility index (Phi) is 6.35. The van der Waals surface area contributed by atoms with Crippen LogP contribution in [0.15, 0.2) is 24.3 Å². The summed E-state index contributed by atoms with van der Waals surface area (Å²) in [6.07, 6.45) is 3.15. The van der Waals surface area contributed by atoms with E-state index in [1.807, 2.05) is 41.0 Å². The lowest BCUT2D eigenvalue weighted by Gasteiger charge is -2.36. The van der Waals surface area contributed by atoms with Crippen LogP contribution < -0.4 is 4.74 Å². The molecule has 0 spiro atoms. The summed E-state index contributed by atoms with van der Waals surface area (Å²) in [6.45, 7) is 7.19. The Balaban J connectivity index is 1.75. The highest BCUT2D eigenvalue weighted by molar-refractivity contribution is 8.01. The van der Waals surface area contributed by atoms with Crippen LogP contribution in [0.4, 0.5) is 0 Å². The second-order valence-electron chi connectivity index (χ2n) is 7.66. The molecule has 1 aromatic carbocycles. The monoisotopic (exact) mass is 390 g/mol. The van der Waals surface area contributed by atoms with Gasteiger partial charge < -0.3 is 14.5 Å². The number of hydrogen-bond acceptors (Lipinski definition) is 4. The zero-order valence-electron chi connectivity index (χ0n) is 16.7. The van der Waals surface area contributed by atoms with Crippen LogP contribution in [-0.2, 0) is 9.59 Å². The largest absolute Gasteiger partial charge is 0.496 e. The van der Waals surface area contributed by atoms with Gasteiger partial charge in [0, 0.05) is 30.6 Å². The second kappa shape index (κ2) is 8.55. The number of para-hydroxylation sites is 1. The summed E-state index contributed by atoms with van der Waals surface area (Å²) < 4.78 is 5.52. The van der Waals surface area contributed by atoms with E-state index in [4.69, 9.17) is 4.74 Å². The van der Waals surface area contributed by atoms with Crippen molar-refractivity contribution in [3.8, 4) is 5.75 Å². The van der Waals surface area contributed by atoms with Crippen molar-refractivity contribution in [2.24, 2.45) is 5.92 Å². The Morgan fingerprint density at radius 2 is 2.04 bits per heavy atom. The van der Waals surface area contributed by atoms with Crippen molar-refractivity contribution in [2.45, 2.75) is 56.7 Å². The molecule has 1 aromatic rings. The van der Waals surface area contributed by atoms with Gasteiger partial charge in [-0.25, -0.2) is 0 Å². The molecule has 27 heavy (non-hydrogen) atoms. The number of hydrogen-bond donors (Lipinski definition) is 0. The van der Waals surface area contributed by atoms with E-state index < -0.39 is 0 Å². The van der Waals surface area contributed by atoms with E-state index in [0.29, 0.717) is 13.1 Å². The van der Waals surface area contributed by atoms with Gasteiger partial charge in [0.2, 0.25) is 11.8 Å². The average molecular weight is 391 g/mol. The topological polar surface area (TPSA) is 49.9 Å². The third-order valence-electron chi connectivity index (χ3n) is 5.59. The molecule has 0 unspecified atom stereocenters. The maximum atomic E-state index is 12.8. The number of carbonyl (C=O) groups excluding carboxylic acids is 2. The third-order valence-corrected chi connectivity index (χ3v) is 6.97. The zero-order chi connectivity index (χ0) is 19.6. The Labute approximate surface area is 166 Å². The molecule has 2 amide bonds. The van der Waals surface area contributed by atoms with Crippen molar-refractivity contribution >= 4 is 23.6 Å². The highest BCUT2D eigenvalue weighted by Crippen LogP contribution is 2.45. The first-order chi connectivity index (χ1) is 12.9. The van der Waals surface area contributed by atoms with Gasteiger partial charge in [-0.2, -0.15) is 0 Å². The number of amides is 2. The smallest absolute Gasteiger partial charge is 0.236 e. The molecule has 1 aliphatic heterocycles. The number of ether oxygens (including phenoxy) is 1. The first-order valence-corrected chi connectivity index (χ1v) is 10.8. The molecule has 3 rings (SSSR count). The van der Waals surface area contributed by atoms with Gasteiger partial charge in [-0.3, -0.25) is 9.59 Å².